The molecule has 0 heterocycles. The lowest BCUT2D eigenvalue weighted by Crippen LogP contribution is -2.04. The molecule has 1 aromatic rings. The maximum absolute atomic E-state index is 5.54. The van der Waals surface area contributed by atoms with Crippen molar-refractivity contribution in [1.29, 1.82) is 0 Å². The number of unbranched alkanes of at least 4 members (excludes halogenated alkanes) is 3. The first kappa shape index (κ1) is 18.7. The Morgan fingerprint density at radius 2 is 1.88 bits per heavy atom. The Labute approximate surface area is 147 Å². The van der Waals surface area contributed by atoms with Crippen molar-refractivity contribution in [3.8, 4) is 5.75 Å². The van der Waals surface area contributed by atoms with E-state index in [9.17, 15) is 0 Å². The summed E-state index contributed by atoms with van der Waals surface area (Å²) in [6.07, 6.45) is 11.0. The SMILES string of the molecule is CCc1ccc(NCCCCCCC(OC)=C2CCC2)cc1OC. The van der Waals surface area contributed by atoms with Crippen LogP contribution in [0, 0.1) is 0 Å². The topological polar surface area (TPSA) is 30.5 Å². The van der Waals surface area contributed by atoms with Crippen LogP contribution in [0.1, 0.15) is 63.9 Å². The third-order valence-corrected chi connectivity index (χ3v) is 4.93. The highest BCUT2D eigenvalue weighted by atomic mass is 16.5. The fourth-order valence-corrected chi connectivity index (χ4v) is 3.20. The van der Waals surface area contributed by atoms with Gasteiger partial charge in [0.2, 0.25) is 0 Å². The molecule has 24 heavy (non-hydrogen) atoms. The lowest BCUT2D eigenvalue weighted by atomic mass is 9.90. The molecule has 0 saturated heterocycles. The second kappa shape index (κ2) is 10.3. The molecule has 0 spiro atoms. The highest BCUT2D eigenvalue weighted by Gasteiger charge is 2.14. The Bertz CT molecular complexity index is 531. The van der Waals surface area contributed by atoms with Crippen molar-refractivity contribution in [2.75, 3.05) is 26.1 Å². The molecule has 1 saturated carbocycles. The van der Waals surface area contributed by atoms with Gasteiger partial charge in [-0.1, -0.05) is 25.8 Å². The maximum atomic E-state index is 5.54. The number of aryl methyl sites for hydroxylation is 1. The number of rotatable bonds is 11. The number of nitrogens with one attached hydrogen (secondary N) is 1. The van der Waals surface area contributed by atoms with E-state index in [4.69, 9.17) is 9.47 Å². The van der Waals surface area contributed by atoms with Crippen LogP contribution in [-0.4, -0.2) is 20.8 Å². The highest BCUT2D eigenvalue weighted by Crippen LogP contribution is 2.31. The third kappa shape index (κ3) is 5.47. The quantitative estimate of drug-likeness (QED) is 0.416. The summed E-state index contributed by atoms with van der Waals surface area (Å²) in [4.78, 5) is 0. The van der Waals surface area contributed by atoms with Gasteiger partial charge in [0.05, 0.1) is 20.0 Å². The molecule has 2 rings (SSSR count). The summed E-state index contributed by atoms with van der Waals surface area (Å²) in [5, 5.41) is 3.50. The Morgan fingerprint density at radius 1 is 1.08 bits per heavy atom. The van der Waals surface area contributed by atoms with Crippen LogP contribution in [0.15, 0.2) is 29.5 Å². The van der Waals surface area contributed by atoms with Crippen LogP contribution < -0.4 is 10.1 Å². The van der Waals surface area contributed by atoms with E-state index < -0.39 is 0 Å². The Kier molecular flexibility index (Phi) is 8.00. The Hall–Kier alpha value is -1.64. The number of allylic oxidation sites excluding steroid dienone is 2. The third-order valence-electron chi connectivity index (χ3n) is 4.93. The average molecular weight is 332 g/mol. The molecule has 1 N–H and O–H groups in total. The van der Waals surface area contributed by atoms with Crippen LogP contribution in [0.5, 0.6) is 5.75 Å². The van der Waals surface area contributed by atoms with E-state index in [1.165, 1.54) is 56.3 Å². The average Bonchev–Trinajstić information content (AvgIpc) is 2.57. The van der Waals surface area contributed by atoms with Crippen molar-refractivity contribution in [1.82, 2.24) is 0 Å². The van der Waals surface area contributed by atoms with Crippen molar-refractivity contribution in [2.45, 2.75) is 64.7 Å². The molecule has 1 aliphatic carbocycles. The largest absolute Gasteiger partial charge is 0.501 e. The fourth-order valence-electron chi connectivity index (χ4n) is 3.20. The van der Waals surface area contributed by atoms with Gasteiger partial charge < -0.3 is 14.8 Å². The van der Waals surface area contributed by atoms with E-state index in [1.54, 1.807) is 12.7 Å². The minimum Gasteiger partial charge on any atom is -0.501 e. The number of hydrogen-bond acceptors (Lipinski definition) is 3. The zero-order chi connectivity index (χ0) is 17.2. The molecular formula is C21H33NO2. The van der Waals surface area contributed by atoms with Gasteiger partial charge in [-0.25, -0.2) is 0 Å². The minimum absolute atomic E-state index is 0.985. The van der Waals surface area contributed by atoms with Crippen molar-refractivity contribution < 1.29 is 9.47 Å². The molecule has 0 amide bonds. The molecule has 0 radical (unpaired) electrons. The van der Waals surface area contributed by atoms with Gasteiger partial charge in [-0.15, -0.1) is 0 Å². The number of methoxy groups -OCH3 is 2. The predicted octanol–water partition coefficient (Wildman–Crippen LogP) is 5.70. The summed E-state index contributed by atoms with van der Waals surface area (Å²) in [6.45, 7) is 3.17. The number of anilines is 1. The summed E-state index contributed by atoms with van der Waals surface area (Å²) < 4.78 is 11.0. The molecule has 1 fully saturated rings. The minimum atomic E-state index is 0.985. The summed E-state index contributed by atoms with van der Waals surface area (Å²) >= 11 is 0. The van der Waals surface area contributed by atoms with Crippen molar-refractivity contribution in [3.63, 3.8) is 0 Å². The van der Waals surface area contributed by atoms with E-state index in [0.717, 1.165) is 30.8 Å². The van der Waals surface area contributed by atoms with Gasteiger partial charge in [-0.05, 0) is 55.7 Å². The lowest BCUT2D eigenvalue weighted by molar-refractivity contribution is 0.260. The first-order valence-electron chi connectivity index (χ1n) is 9.44. The second-order valence-corrected chi connectivity index (χ2v) is 6.56. The maximum Gasteiger partial charge on any atom is 0.124 e. The van der Waals surface area contributed by atoms with Crippen LogP contribution >= 0.6 is 0 Å². The smallest absolute Gasteiger partial charge is 0.124 e. The van der Waals surface area contributed by atoms with Gasteiger partial charge in [-0.2, -0.15) is 0 Å². The molecule has 0 atom stereocenters. The highest BCUT2D eigenvalue weighted by molar-refractivity contribution is 5.51. The van der Waals surface area contributed by atoms with E-state index in [2.05, 4.69) is 30.4 Å². The molecular weight excluding hydrogens is 298 g/mol. The normalized spacial score (nSPS) is 13.4. The molecule has 1 aliphatic rings. The van der Waals surface area contributed by atoms with Gasteiger partial charge in [0.1, 0.15) is 5.75 Å². The van der Waals surface area contributed by atoms with Gasteiger partial charge >= 0.3 is 0 Å². The predicted molar refractivity (Wildman–Crippen MR) is 102 cm³/mol. The number of hydrogen-bond donors (Lipinski definition) is 1. The summed E-state index contributed by atoms with van der Waals surface area (Å²) in [5.74, 6) is 2.25. The first-order chi connectivity index (χ1) is 11.8. The number of ether oxygens (including phenoxy) is 2. The molecule has 0 bridgehead atoms. The monoisotopic (exact) mass is 331 g/mol. The molecule has 134 valence electrons. The van der Waals surface area contributed by atoms with E-state index in [1.807, 2.05) is 7.11 Å². The molecule has 0 unspecified atom stereocenters. The summed E-state index contributed by atoms with van der Waals surface area (Å²) in [5.41, 5.74) is 3.97. The van der Waals surface area contributed by atoms with Gasteiger partial charge in [-0.3, -0.25) is 0 Å². The van der Waals surface area contributed by atoms with Crippen LogP contribution in [0.2, 0.25) is 0 Å². The molecule has 3 heteroatoms. The number of benzene rings is 1. The molecule has 3 nitrogen and oxygen atoms in total. The van der Waals surface area contributed by atoms with E-state index in [-0.39, 0.29) is 0 Å². The van der Waals surface area contributed by atoms with Gasteiger partial charge in [0.25, 0.3) is 0 Å². The fraction of sp³-hybridized carbons (Fsp3) is 0.619. The summed E-state index contributed by atoms with van der Waals surface area (Å²) in [7, 11) is 3.56. The van der Waals surface area contributed by atoms with Crippen LogP contribution in [-0.2, 0) is 11.2 Å². The van der Waals surface area contributed by atoms with Gasteiger partial charge in [0, 0.05) is 24.7 Å². The standard InChI is InChI=1S/C21H33NO2/c1-4-17-13-14-19(16-21(17)24-3)22-15-8-6-5-7-12-20(23-2)18-10-9-11-18/h13-14,16,22H,4-12,15H2,1-3H3. The molecule has 0 aromatic heterocycles. The van der Waals surface area contributed by atoms with Crippen LogP contribution in [0.25, 0.3) is 0 Å². The Balaban J connectivity index is 1.60. The second-order valence-electron chi connectivity index (χ2n) is 6.56. The van der Waals surface area contributed by atoms with Crippen molar-refractivity contribution >= 4 is 5.69 Å². The van der Waals surface area contributed by atoms with Crippen LogP contribution in [0.3, 0.4) is 0 Å². The zero-order valence-electron chi connectivity index (χ0n) is 15.6. The molecule has 0 aliphatic heterocycles. The van der Waals surface area contributed by atoms with E-state index in [0.29, 0.717) is 0 Å². The first-order valence-corrected chi connectivity index (χ1v) is 9.44. The summed E-state index contributed by atoms with van der Waals surface area (Å²) in [6, 6.07) is 6.41. The van der Waals surface area contributed by atoms with E-state index >= 15 is 0 Å². The zero-order valence-corrected chi connectivity index (χ0v) is 15.6. The lowest BCUT2D eigenvalue weighted by Gasteiger charge is -2.21. The van der Waals surface area contributed by atoms with Crippen molar-refractivity contribution in [2.24, 2.45) is 0 Å². The molecule has 1 aromatic carbocycles. The van der Waals surface area contributed by atoms with Crippen molar-refractivity contribution in [3.05, 3.63) is 35.1 Å². The van der Waals surface area contributed by atoms with Crippen LogP contribution in [0.4, 0.5) is 5.69 Å². The Morgan fingerprint density at radius 3 is 2.50 bits per heavy atom. The van der Waals surface area contributed by atoms with Gasteiger partial charge in [0.15, 0.2) is 0 Å².